The Kier molecular flexibility index (Phi) is 2.32. The number of rotatable bonds is 0. The molecule has 0 fully saturated rings. The van der Waals surface area contributed by atoms with Crippen LogP contribution in [-0.4, -0.2) is 0 Å². The molecule has 0 aliphatic heterocycles. The van der Waals surface area contributed by atoms with Crippen LogP contribution in [0.4, 0.5) is 0.102 Å². The van der Waals surface area contributed by atoms with Crippen molar-refractivity contribution in [3.8, 4) is 0 Å². The average molecular weight is 228 g/mol. The first-order chi connectivity index (χ1) is 2.00. The Morgan fingerprint density at radius 2 is 0.800 bits per heavy atom. The summed E-state index contributed by atoms with van der Waals surface area (Å²) in [7, 11) is 0. The van der Waals surface area contributed by atoms with Gasteiger partial charge in [-0.25, -0.2) is 0 Å². The van der Waals surface area contributed by atoms with Crippen molar-refractivity contribution >= 4 is 0 Å². The predicted octanol–water partition coefficient (Wildman–Crippen LogP) is 1.68. The van der Waals surface area contributed by atoms with Crippen LogP contribution in [0.1, 0.15) is 0 Å². The zero-order chi connectivity index (χ0) is 4.50. The van der Waals surface area contributed by atoms with Gasteiger partial charge in [0.25, 0.3) is 0 Å². The van der Waals surface area contributed by atoms with E-state index in [9.17, 15) is 0.102 Å². The second-order valence-corrected chi connectivity index (χ2v) is 2.40. The molecule has 0 heterocycles. The van der Waals surface area contributed by atoms with E-state index >= 15 is 0 Å². The molecule has 0 rings (SSSR count). The molecule has 0 aliphatic rings. The molecule has 5 heavy (non-hydrogen) atoms. The molecule has 0 saturated carbocycles. The molecule has 0 bridgehead atoms. The van der Waals surface area contributed by atoms with E-state index in [4.69, 9.17) is 0 Å². The van der Waals surface area contributed by atoms with Crippen molar-refractivity contribution in [3.63, 3.8) is 0 Å². The Hall–Kier alpha value is 1.30. The Labute approximate surface area is 42.9 Å². The van der Waals surface area contributed by atoms with E-state index in [0.29, 0.717) is 0 Å². The van der Waals surface area contributed by atoms with Gasteiger partial charge in [0.15, 0.2) is 0 Å². The van der Waals surface area contributed by atoms with E-state index in [1.165, 1.54) is 0 Å². The summed E-state index contributed by atoms with van der Waals surface area (Å²) in [4.78, 5) is 0. The van der Waals surface area contributed by atoms with Gasteiger partial charge in [0.05, 0.1) is 0 Å². The van der Waals surface area contributed by atoms with Crippen LogP contribution in [0.3, 0.4) is 0 Å². The van der Waals surface area contributed by atoms with Crippen molar-refractivity contribution in [1.29, 1.82) is 0 Å². The van der Waals surface area contributed by atoms with E-state index in [-0.39, 0.29) is 0 Å². The first-order valence-corrected chi connectivity index (χ1v) is 4.24. The molecular formula is EuF4. The molecular weight excluding hydrogens is 228 g/mol. The van der Waals surface area contributed by atoms with Crippen LogP contribution >= 0.6 is 0 Å². The molecule has 0 amide bonds. The molecule has 5 heteroatoms. The summed E-state index contributed by atoms with van der Waals surface area (Å²) in [5.74, 6) is 0. The number of hydrogen-bond acceptors (Lipinski definition) is 0. The molecule has 0 aromatic heterocycles. The zero-order valence-electron chi connectivity index (χ0n) is 1.89. The molecule has 0 N–H and O–H groups in total. The third-order valence-electron chi connectivity index (χ3n) is 0. The third kappa shape index (κ3) is 34.0. The van der Waals surface area contributed by atoms with Crippen molar-refractivity contribution in [3.05, 3.63) is 0 Å². The van der Waals surface area contributed by atoms with Crippen LogP contribution in [0.15, 0.2) is 0 Å². The van der Waals surface area contributed by atoms with Crippen molar-refractivity contribution in [1.82, 2.24) is 0 Å². The van der Waals surface area contributed by atoms with Crippen molar-refractivity contribution < 1.29 is 43.7 Å². The molecule has 0 radical (unpaired) electrons. The van der Waals surface area contributed by atoms with Gasteiger partial charge in [-0.15, -0.1) is 0 Å². The van der Waals surface area contributed by atoms with Gasteiger partial charge in [0.2, 0.25) is 0 Å². The molecule has 0 saturated heterocycles. The predicted molar refractivity (Wildman–Crippen MR) is 4.43 cm³/mol. The normalized spacial score (nSPS) is 15.2. The van der Waals surface area contributed by atoms with Crippen LogP contribution in [-0.2, 0) is 0 Å². The number of halogens is 4. The fraction of sp³-hybridized carbons (Fsp3) is 0. The maximum absolute atomic E-state index is 9.89. The standard InChI is InChI=1S/Eu.4FH/h;4*1H/q+4;;;;/p-4. The summed E-state index contributed by atoms with van der Waals surface area (Å²) in [6.07, 6.45) is 0. The van der Waals surface area contributed by atoms with E-state index in [2.05, 4.69) is 0 Å². The monoisotopic (exact) mass is 229 g/mol. The summed E-state index contributed by atoms with van der Waals surface area (Å²) in [6, 6.07) is 0. The van der Waals surface area contributed by atoms with E-state index in [0.717, 1.165) is 0 Å². The fourth-order valence-corrected chi connectivity index (χ4v) is 0. The van der Waals surface area contributed by atoms with Gasteiger partial charge in [-0.1, -0.05) is 0 Å². The van der Waals surface area contributed by atoms with Gasteiger partial charge >= 0.3 is 43.7 Å². The Morgan fingerprint density at radius 1 is 0.800 bits per heavy atom. The van der Waals surface area contributed by atoms with E-state index in [1.807, 2.05) is 0 Å². The van der Waals surface area contributed by atoms with E-state index < -0.39 is 43.6 Å². The molecule has 0 unspecified atom stereocenters. The minimum absolute atomic E-state index is 7.11. The van der Waals surface area contributed by atoms with Gasteiger partial charge in [-0.05, 0) is 0 Å². The van der Waals surface area contributed by atoms with Gasteiger partial charge < -0.3 is 0 Å². The van der Waals surface area contributed by atoms with Gasteiger partial charge in [-0.3, -0.25) is 0 Å². The van der Waals surface area contributed by atoms with Crippen molar-refractivity contribution in [2.45, 2.75) is 0 Å². The second-order valence-electron chi connectivity index (χ2n) is 0.324. The van der Waals surface area contributed by atoms with Crippen LogP contribution in [0.5, 0.6) is 0 Å². The third-order valence-corrected chi connectivity index (χ3v) is 0. The fourth-order valence-electron chi connectivity index (χ4n) is 0. The average Bonchev–Trinajstić information content (AvgIpc) is 0.722. The molecule has 0 aliphatic carbocycles. The Bertz CT molecular complexity index is 19.1. The second kappa shape index (κ2) is 1.84. The van der Waals surface area contributed by atoms with Crippen LogP contribution in [0.25, 0.3) is 0 Å². The van der Waals surface area contributed by atoms with Crippen molar-refractivity contribution in [2.75, 3.05) is 0 Å². The van der Waals surface area contributed by atoms with Crippen molar-refractivity contribution in [2.24, 2.45) is 0 Å². The molecule has 35 valence electrons. The summed E-state index contributed by atoms with van der Waals surface area (Å²) >= 11 is -7.11. The number of hydrogen-bond donors (Lipinski definition) is 0. The molecule has 0 aromatic rings. The summed E-state index contributed by atoms with van der Waals surface area (Å²) < 4.78 is 39.6. The van der Waals surface area contributed by atoms with Gasteiger partial charge in [0, 0.05) is 0 Å². The zero-order valence-corrected chi connectivity index (χ0v) is 4.31. The summed E-state index contributed by atoms with van der Waals surface area (Å²) in [6.45, 7) is 0. The Morgan fingerprint density at radius 3 is 0.800 bits per heavy atom. The minimum atomic E-state index is -7.11. The maximum atomic E-state index is 9.89. The molecule has 0 aromatic carbocycles. The topological polar surface area (TPSA) is 0 Å². The molecule has 0 nitrogen and oxygen atoms in total. The van der Waals surface area contributed by atoms with Crippen LogP contribution in [0, 0.1) is 43.6 Å². The summed E-state index contributed by atoms with van der Waals surface area (Å²) in [5.41, 5.74) is 0. The van der Waals surface area contributed by atoms with Gasteiger partial charge in [0.1, 0.15) is 0 Å². The Balaban J connectivity index is 3.02. The SMILES string of the molecule is [F][Eu]([F])([F])[F]. The first-order valence-electron chi connectivity index (χ1n) is 0.571. The first kappa shape index (κ1) is 6.30. The quantitative estimate of drug-likeness (QED) is 0.553. The van der Waals surface area contributed by atoms with Gasteiger partial charge in [-0.2, -0.15) is 0 Å². The summed E-state index contributed by atoms with van der Waals surface area (Å²) in [5, 5.41) is 0. The molecule has 0 atom stereocenters. The molecule has 0 spiro atoms. The van der Waals surface area contributed by atoms with Crippen LogP contribution < -0.4 is 0 Å². The van der Waals surface area contributed by atoms with E-state index in [1.54, 1.807) is 0 Å². The van der Waals surface area contributed by atoms with Crippen LogP contribution in [0.2, 0.25) is 0 Å².